The van der Waals surface area contributed by atoms with Crippen LogP contribution >= 0.6 is 0 Å². The molecular formula is C64H45BN2O2. The van der Waals surface area contributed by atoms with Gasteiger partial charge in [-0.15, -0.1) is 0 Å². The van der Waals surface area contributed by atoms with E-state index in [1.165, 1.54) is 75.8 Å². The first-order valence-corrected chi connectivity index (χ1v) is 24.4. The SMILES string of the molecule is CC(C)c1ccc2oc3c(c2c1)N(c1ccc2c4ccccc4c4ccccc4c2c1)c1cccc2c1B3c1oc3ccc(C(C)C)cc3c1N2c1ccc2c3ccccc3c3ccccc3c2c1. The molecule has 0 fully saturated rings. The van der Waals surface area contributed by atoms with E-state index >= 15 is 0 Å². The number of hydrogen-bond donors (Lipinski definition) is 0. The summed E-state index contributed by atoms with van der Waals surface area (Å²) in [4.78, 5) is 4.99. The first kappa shape index (κ1) is 38.8. The molecule has 0 spiro atoms. The summed E-state index contributed by atoms with van der Waals surface area (Å²) in [6.07, 6.45) is 0. The number of nitrogens with zero attached hydrogens (tertiary/aromatic N) is 2. The van der Waals surface area contributed by atoms with Crippen molar-refractivity contribution in [1.29, 1.82) is 0 Å². The molecule has 0 unspecified atom stereocenters. The van der Waals surface area contributed by atoms with Crippen LogP contribution in [0.2, 0.25) is 0 Å². The Morgan fingerprint density at radius 2 is 0.681 bits per heavy atom. The molecule has 2 aromatic heterocycles. The van der Waals surface area contributed by atoms with Crippen LogP contribution in [0, 0.1) is 0 Å². The lowest BCUT2D eigenvalue weighted by Crippen LogP contribution is -2.60. The Morgan fingerprint density at radius 1 is 0.333 bits per heavy atom. The van der Waals surface area contributed by atoms with Gasteiger partial charge in [-0.25, -0.2) is 0 Å². The highest BCUT2D eigenvalue weighted by molar-refractivity contribution is 6.99. The van der Waals surface area contributed by atoms with Crippen LogP contribution in [0.5, 0.6) is 0 Å². The van der Waals surface area contributed by atoms with Crippen LogP contribution in [0.3, 0.4) is 0 Å². The van der Waals surface area contributed by atoms with Crippen molar-refractivity contribution in [2.75, 3.05) is 9.80 Å². The molecule has 0 N–H and O–H groups in total. The molecule has 0 radical (unpaired) electrons. The number of fused-ring (bicyclic) bond motifs is 20. The van der Waals surface area contributed by atoms with Gasteiger partial charge >= 0.3 is 6.71 Å². The molecule has 5 heteroatoms. The van der Waals surface area contributed by atoms with Crippen molar-refractivity contribution < 1.29 is 8.83 Å². The molecule has 0 saturated heterocycles. The standard InChI is InChI=1S/C64H45BN2O2/c1-36(2)38-24-30-58-54(32-38)61-63(68-58)65-60-56(66(61)40-26-28-50-46-18-7-5-14-42(46)44-16-9-11-20-48(44)52(50)34-40)22-13-23-57(60)67(62-55-33-39(37(3)4)25-31-59(55)69-64(62)65)41-27-29-51-47-19-8-6-15-43(47)45-17-10-12-21-49(45)53(51)35-41/h5-37H,1-4H3. The van der Waals surface area contributed by atoms with E-state index in [1.54, 1.807) is 0 Å². The molecule has 2 aliphatic rings. The van der Waals surface area contributed by atoms with Gasteiger partial charge in [0.25, 0.3) is 0 Å². The predicted molar refractivity (Wildman–Crippen MR) is 293 cm³/mol. The molecule has 15 rings (SSSR count). The zero-order valence-corrected chi connectivity index (χ0v) is 38.8. The first-order chi connectivity index (χ1) is 33.9. The van der Waals surface area contributed by atoms with Gasteiger partial charge in [0.15, 0.2) is 0 Å². The highest BCUT2D eigenvalue weighted by Gasteiger charge is 2.49. The van der Waals surface area contributed by atoms with Crippen LogP contribution in [0.15, 0.2) is 197 Å². The minimum Gasteiger partial charge on any atom is -0.468 e. The number of furan rings is 2. The van der Waals surface area contributed by atoms with E-state index in [-0.39, 0.29) is 6.71 Å². The first-order valence-electron chi connectivity index (χ1n) is 24.4. The molecule has 13 aromatic rings. The Bertz CT molecular complexity index is 4020. The molecule has 0 saturated carbocycles. The van der Waals surface area contributed by atoms with Crippen LogP contribution in [-0.4, -0.2) is 6.71 Å². The monoisotopic (exact) mass is 884 g/mol. The van der Waals surface area contributed by atoms with E-state index in [1.807, 2.05) is 0 Å². The lowest BCUT2D eigenvalue weighted by molar-refractivity contribution is 0.637. The molecular weight excluding hydrogens is 840 g/mol. The molecule has 0 atom stereocenters. The minimum atomic E-state index is -0.311. The van der Waals surface area contributed by atoms with Gasteiger partial charge in [-0.2, -0.15) is 0 Å². The van der Waals surface area contributed by atoms with Gasteiger partial charge < -0.3 is 18.6 Å². The fourth-order valence-corrected chi connectivity index (χ4v) is 12.3. The largest absolute Gasteiger partial charge is 0.468 e. The van der Waals surface area contributed by atoms with E-state index in [0.29, 0.717) is 11.8 Å². The van der Waals surface area contributed by atoms with Crippen LogP contribution in [0.1, 0.15) is 50.7 Å². The fraction of sp³-hybridized carbons (Fsp3) is 0.0938. The predicted octanol–water partition coefficient (Wildman–Crippen LogP) is 16.4. The van der Waals surface area contributed by atoms with E-state index in [9.17, 15) is 0 Å². The Kier molecular flexibility index (Phi) is 7.95. The highest BCUT2D eigenvalue weighted by atomic mass is 16.3. The Labute approximate surface area is 399 Å². The average molecular weight is 885 g/mol. The van der Waals surface area contributed by atoms with Gasteiger partial charge in [0.2, 0.25) is 0 Å². The maximum absolute atomic E-state index is 7.32. The van der Waals surface area contributed by atoms with Crippen molar-refractivity contribution in [3.63, 3.8) is 0 Å². The quantitative estimate of drug-likeness (QED) is 0.130. The summed E-state index contributed by atoms with van der Waals surface area (Å²) >= 11 is 0. The van der Waals surface area contributed by atoms with Crippen molar-refractivity contribution in [1.82, 2.24) is 0 Å². The van der Waals surface area contributed by atoms with Gasteiger partial charge in [0, 0.05) is 33.5 Å². The maximum atomic E-state index is 7.32. The van der Waals surface area contributed by atoms with Crippen LogP contribution in [-0.2, 0) is 0 Å². The summed E-state index contributed by atoms with van der Waals surface area (Å²) in [5.41, 5.74) is 13.8. The zero-order chi connectivity index (χ0) is 45.8. The van der Waals surface area contributed by atoms with Gasteiger partial charge in [-0.3, -0.25) is 0 Å². The number of hydrogen-bond acceptors (Lipinski definition) is 4. The molecule has 69 heavy (non-hydrogen) atoms. The van der Waals surface area contributed by atoms with E-state index in [2.05, 4.69) is 226 Å². The van der Waals surface area contributed by atoms with Crippen LogP contribution in [0.4, 0.5) is 34.1 Å². The van der Waals surface area contributed by atoms with Crippen molar-refractivity contribution in [2.45, 2.75) is 39.5 Å². The van der Waals surface area contributed by atoms with Gasteiger partial charge in [-0.1, -0.05) is 155 Å². The van der Waals surface area contributed by atoms with Gasteiger partial charge in [0.05, 0.1) is 11.4 Å². The van der Waals surface area contributed by atoms with Gasteiger partial charge in [0.1, 0.15) is 22.5 Å². The zero-order valence-electron chi connectivity index (χ0n) is 38.8. The van der Waals surface area contributed by atoms with Crippen molar-refractivity contribution in [3.8, 4) is 0 Å². The molecule has 4 heterocycles. The summed E-state index contributed by atoms with van der Waals surface area (Å²) in [5.74, 6) is 0.683. The summed E-state index contributed by atoms with van der Waals surface area (Å²) in [7, 11) is 0. The molecule has 326 valence electrons. The second kappa shape index (κ2) is 14.1. The lowest BCUT2D eigenvalue weighted by Gasteiger charge is -2.40. The third kappa shape index (κ3) is 5.30. The number of anilines is 6. The topological polar surface area (TPSA) is 32.8 Å². The third-order valence-electron chi connectivity index (χ3n) is 15.5. The average Bonchev–Trinajstić information content (AvgIpc) is 3.97. The summed E-state index contributed by atoms with van der Waals surface area (Å²) < 4.78 is 14.6. The Morgan fingerprint density at radius 3 is 1.04 bits per heavy atom. The van der Waals surface area contributed by atoms with E-state index in [0.717, 1.165) is 72.8 Å². The summed E-state index contributed by atoms with van der Waals surface area (Å²) in [6.45, 7) is 8.77. The Balaban J connectivity index is 1.05. The lowest BCUT2D eigenvalue weighted by atomic mass is 9.37. The van der Waals surface area contributed by atoms with Crippen molar-refractivity contribution in [2.24, 2.45) is 0 Å². The minimum absolute atomic E-state index is 0.311. The molecule has 0 amide bonds. The molecule has 4 nitrogen and oxygen atoms in total. The van der Waals surface area contributed by atoms with Crippen LogP contribution in [0.25, 0.3) is 86.6 Å². The van der Waals surface area contributed by atoms with E-state index < -0.39 is 0 Å². The van der Waals surface area contributed by atoms with Crippen molar-refractivity contribution >= 4 is 144 Å². The normalized spacial score (nSPS) is 13.4. The second-order valence-electron chi connectivity index (χ2n) is 19.9. The summed E-state index contributed by atoms with van der Waals surface area (Å²) in [5, 5.41) is 17.2. The summed E-state index contributed by atoms with van der Waals surface area (Å²) in [6, 6.07) is 69.9. The molecule has 11 aromatic carbocycles. The maximum Gasteiger partial charge on any atom is 0.342 e. The molecule has 0 bridgehead atoms. The highest BCUT2D eigenvalue weighted by Crippen LogP contribution is 2.51. The second-order valence-corrected chi connectivity index (χ2v) is 19.9. The molecule has 0 aliphatic carbocycles. The van der Waals surface area contributed by atoms with Gasteiger partial charge in [-0.05, 0) is 154 Å². The fourth-order valence-electron chi connectivity index (χ4n) is 12.3. The smallest absolute Gasteiger partial charge is 0.342 e. The number of rotatable bonds is 4. The molecule has 2 aliphatic heterocycles. The van der Waals surface area contributed by atoms with Crippen molar-refractivity contribution in [3.05, 3.63) is 199 Å². The third-order valence-corrected chi connectivity index (χ3v) is 15.5. The number of benzene rings is 11. The Hall–Kier alpha value is -8.28. The van der Waals surface area contributed by atoms with E-state index in [4.69, 9.17) is 8.83 Å². The van der Waals surface area contributed by atoms with Crippen LogP contribution < -0.4 is 26.6 Å².